The van der Waals surface area contributed by atoms with Gasteiger partial charge in [-0.25, -0.2) is 0 Å². The van der Waals surface area contributed by atoms with E-state index in [1.807, 2.05) is 0 Å². The van der Waals surface area contributed by atoms with Gasteiger partial charge in [0.25, 0.3) is 5.91 Å². The first-order valence-electron chi connectivity index (χ1n) is 5.46. The monoisotopic (exact) mass is 238 g/mol. The molecule has 0 bridgehead atoms. The van der Waals surface area contributed by atoms with Gasteiger partial charge < -0.3 is 20.5 Å². The maximum absolute atomic E-state index is 12.1. The molecule has 0 saturated carbocycles. The highest BCUT2D eigenvalue weighted by atomic mass is 16.5. The van der Waals surface area contributed by atoms with Gasteiger partial charge in [0.1, 0.15) is 5.75 Å². The maximum atomic E-state index is 12.1. The summed E-state index contributed by atoms with van der Waals surface area (Å²) in [7, 11) is 1.58. The molecule has 0 aromatic heterocycles. The molecule has 0 unspecified atom stereocenters. The number of carbonyl (C=O) groups is 1. The zero-order valence-corrected chi connectivity index (χ0v) is 9.93. The Morgan fingerprint density at radius 1 is 1.47 bits per heavy atom. The lowest BCUT2D eigenvalue weighted by Crippen LogP contribution is -2.37. The normalized spacial score (nSPS) is 10.2. The van der Waals surface area contributed by atoms with Crippen LogP contribution in [0.3, 0.4) is 0 Å². The smallest absolute Gasteiger partial charge is 0.254 e. The van der Waals surface area contributed by atoms with E-state index in [0.717, 1.165) is 0 Å². The highest BCUT2D eigenvalue weighted by molar-refractivity contribution is 5.94. The summed E-state index contributed by atoms with van der Waals surface area (Å²) in [6.07, 6.45) is 0. The maximum Gasteiger partial charge on any atom is 0.254 e. The fourth-order valence-corrected chi connectivity index (χ4v) is 1.49. The Labute approximate surface area is 101 Å². The minimum atomic E-state index is -0.150. The highest BCUT2D eigenvalue weighted by Crippen LogP contribution is 2.12. The third-order valence-electron chi connectivity index (χ3n) is 2.34. The van der Waals surface area contributed by atoms with Crippen LogP contribution >= 0.6 is 0 Å². The number of carbonyl (C=O) groups excluding carboxylic acids is 1. The molecule has 1 rings (SSSR count). The Bertz CT molecular complexity index is 369. The molecule has 1 aromatic carbocycles. The van der Waals surface area contributed by atoms with Crippen LogP contribution in [-0.4, -0.2) is 49.3 Å². The minimum absolute atomic E-state index is 0.0790. The van der Waals surface area contributed by atoms with Crippen LogP contribution in [0.2, 0.25) is 0 Å². The number of phenols is 1. The average Bonchev–Trinajstić information content (AvgIpc) is 2.33. The first-order valence-corrected chi connectivity index (χ1v) is 5.46. The zero-order chi connectivity index (χ0) is 12.7. The summed E-state index contributed by atoms with van der Waals surface area (Å²) < 4.78 is 4.94. The first-order chi connectivity index (χ1) is 8.19. The van der Waals surface area contributed by atoms with Crippen LogP contribution < -0.4 is 5.73 Å². The molecule has 0 aliphatic rings. The van der Waals surface area contributed by atoms with Gasteiger partial charge in [-0.15, -0.1) is 0 Å². The SMILES string of the molecule is COCCN(CCN)C(=O)c1cccc(O)c1. The molecule has 1 aromatic rings. The predicted molar refractivity (Wildman–Crippen MR) is 64.9 cm³/mol. The molecule has 0 aliphatic heterocycles. The van der Waals surface area contributed by atoms with Crippen LogP contribution in [0.4, 0.5) is 0 Å². The molecule has 3 N–H and O–H groups in total. The van der Waals surface area contributed by atoms with Crippen molar-refractivity contribution >= 4 is 5.91 Å². The Morgan fingerprint density at radius 2 is 2.24 bits per heavy atom. The number of phenolic OH excluding ortho intramolecular Hbond substituents is 1. The Kier molecular flexibility index (Phi) is 5.45. The fourth-order valence-electron chi connectivity index (χ4n) is 1.49. The molecule has 0 atom stereocenters. The molecule has 0 saturated heterocycles. The second kappa shape index (κ2) is 6.88. The van der Waals surface area contributed by atoms with E-state index in [2.05, 4.69) is 0 Å². The second-order valence-electron chi connectivity index (χ2n) is 3.62. The highest BCUT2D eigenvalue weighted by Gasteiger charge is 2.14. The van der Waals surface area contributed by atoms with Crippen molar-refractivity contribution in [3.8, 4) is 5.75 Å². The summed E-state index contributed by atoms with van der Waals surface area (Å²) in [5.74, 6) is -0.0707. The third kappa shape index (κ3) is 4.05. The van der Waals surface area contributed by atoms with E-state index in [-0.39, 0.29) is 11.7 Å². The first kappa shape index (κ1) is 13.5. The number of hydrogen-bond donors (Lipinski definition) is 2. The molecule has 0 heterocycles. The minimum Gasteiger partial charge on any atom is -0.508 e. The molecule has 0 fully saturated rings. The molecule has 0 radical (unpaired) electrons. The Morgan fingerprint density at radius 3 is 2.82 bits per heavy atom. The Hall–Kier alpha value is -1.59. The van der Waals surface area contributed by atoms with Gasteiger partial charge in [0.15, 0.2) is 0 Å². The van der Waals surface area contributed by atoms with Crippen molar-refractivity contribution < 1.29 is 14.6 Å². The number of aromatic hydroxyl groups is 1. The van der Waals surface area contributed by atoms with Gasteiger partial charge in [-0.1, -0.05) is 6.07 Å². The standard InChI is InChI=1S/C12H18N2O3/c1-17-8-7-14(6-5-13)12(16)10-3-2-4-11(15)9-10/h2-4,9,15H,5-8,13H2,1H3. The summed E-state index contributed by atoms with van der Waals surface area (Å²) in [4.78, 5) is 13.7. The van der Waals surface area contributed by atoms with Crippen LogP contribution in [0.15, 0.2) is 24.3 Å². The van der Waals surface area contributed by atoms with E-state index in [9.17, 15) is 9.90 Å². The Balaban J connectivity index is 2.76. The van der Waals surface area contributed by atoms with Gasteiger partial charge in [0.2, 0.25) is 0 Å². The summed E-state index contributed by atoms with van der Waals surface area (Å²) in [6, 6.07) is 6.27. The molecule has 5 nitrogen and oxygen atoms in total. The molecular formula is C12H18N2O3. The number of ether oxygens (including phenoxy) is 1. The van der Waals surface area contributed by atoms with Gasteiger partial charge in [0, 0.05) is 32.3 Å². The third-order valence-corrected chi connectivity index (χ3v) is 2.34. The van der Waals surface area contributed by atoms with Gasteiger partial charge in [-0.05, 0) is 18.2 Å². The van der Waals surface area contributed by atoms with Gasteiger partial charge in [-0.3, -0.25) is 4.79 Å². The number of benzene rings is 1. The molecule has 17 heavy (non-hydrogen) atoms. The lowest BCUT2D eigenvalue weighted by Gasteiger charge is -2.21. The number of hydrogen-bond acceptors (Lipinski definition) is 4. The lowest BCUT2D eigenvalue weighted by molar-refractivity contribution is 0.0701. The van der Waals surface area contributed by atoms with Gasteiger partial charge >= 0.3 is 0 Å². The summed E-state index contributed by atoms with van der Waals surface area (Å²) in [6.45, 7) is 1.82. The largest absolute Gasteiger partial charge is 0.508 e. The van der Waals surface area contributed by atoms with Crippen molar-refractivity contribution in [3.05, 3.63) is 29.8 Å². The van der Waals surface area contributed by atoms with Crippen LogP contribution in [0.25, 0.3) is 0 Å². The number of nitrogens with zero attached hydrogens (tertiary/aromatic N) is 1. The summed E-state index contributed by atoms with van der Waals surface area (Å²) in [5, 5.41) is 9.33. The van der Waals surface area contributed by atoms with Crippen LogP contribution in [-0.2, 0) is 4.74 Å². The van der Waals surface area contributed by atoms with E-state index in [0.29, 0.717) is 31.8 Å². The number of rotatable bonds is 6. The summed E-state index contributed by atoms with van der Waals surface area (Å²) in [5.41, 5.74) is 5.92. The van der Waals surface area contributed by atoms with Crippen LogP contribution in [0, 0.1) is 0 Å². The quantitative estimate of drug-likeness (QED) is 0.754. The van der Waals surface area contributed by atoms with Crippen molar-refractivity contribution in [2.75, 3.05) is 33.4 Å². The molecule has 1 amide bonds. The molecular weight excluding hydrogens is 220 g/mol. The van der Waals surface area contributed by atoms with Crippen LogP contribution in [0.5, 0.6) is 5.75 Å². The molecule has 5 heteroatoms. The van der Waals surface area contributed by atoms with Crippen molar-refractivity contribution in [3.63, 3.8) is 0 Å². The van der Waals surface area contributed by atoms with Crippen molar-refractivity contribution in [2.45, 2.75) is 0 Å². The van der Waals surface area contributed by atoms with Gasteiger partial charge in [-0.2, -0.15) is 0 Å². The average molecular weight is 238 g/mol. The van der Waals surface area contributed by atoms with Crippen molar-refractivity contribution in [1.29, 1.82) is 0 Å². The second-order valence-corrected chi connectivity index (χ2v) is 3.62. The van der Waals surface area contributed by atoms with E-state index in [1.54, 1.807) is 24.1 Å². The van der Waals surface area contributed by atoms with E-state index < -0.39 is 0 Å². The molecule has 0 spiro atoms. The zero-order valence-electron chi connectivity index (χ0n) is 9.93. The number of nitrogens with two attached hydrogens (primary N) is 1. The van der Waals surface area contributed by atoms with Crippen molar-refractivity contribution in [1.82, 2.24) is 4.90 Å². The van der Waals surface area contributed by atoms with Gasteiger partial charge in [0.05, 0.1) is 6.61 Å². The lowest BCUT2D eigenvalue weighted by atomic mass is 10.2. The summed E-state index contributed by atoms with van der Waals surface area (Å²) >= 11 is 0. The van der Waals surface area contributed by atoms with E-state index >= 15 is 0 Å². The number of methoxy groups -OCH3 is 1. The predicted octanol–water partition coefficient (Wildman–Crippen LogP) is 0.440. The van der Waals surface area contributed by atoms with Crippen LogP contribution in [0.1, 0.15) is 10.4 Å². The van der Waals surface area contributed by atoms with E-state index in [1.165, 1.54) is 12.1 Å². The van der Waals surface area contributed by atoms with Crippen molar-refractivity contribution in [2.24, 2.45) is 5.73 Å². The topological polar surface area (TPSA) is 75.8 Å². The van der Waals surface area contributed by atoms with E-state index in [4.69, 9.17) is 10.5 Å². The number of amides is 1. The fraction of sp³-hybridized carbons (Fsp3) is 0.417. The molecule has 94 valence electrons. The molecule has 0 aliphatic carbocycles.